The van der Waals surface area contributed by atoms with Crippen LogP contribution < -0.4 is 9.64 Å². The number of carbonyl (C=O) groups is 2. The van der Waals surface area contributed by atoms with Gasteiger partial charge in [0.2, 0.25) is 11.8 Å². The molecule has 2 heterocycles. The van der Waals surface area contributed by atoms with Crippen LogP contribution in [0.1, 0.15) is 12.7 Å². The van der Waals surface area contributed by atoms with Crippen molar-refractivity contribution in [3.8, 4) is 5.75 Å². The van der Waals surface area contributed by atoms with Crippen molar-refractivity contribution in [2.24, 2.45) is 0 Å². The van der Waals surface area contributed by atoms with E-state index in [4.69, 9.17) is 9.15 Å². The van der Waals surface area contributed by atoms with Crippen LogP contribution in [0.3, 0.4) is 0 Å². The molecule has 7 heteroatoms. The van der Waals surface area contributed by atoms with Crippen LogP contribution in [0.4, 0.5) is 5.69 Å². The number of rotatable bonds is 6. The molecule has 1 aromatic heterocycles. The van der Waals surface area contributed by atoms with Crippen molar-refractivity contribution in [3.05, 3.63) is 48.4 Å². The van der Waals surface area contributed by atoms with Crippen LogP contribution >= 0.6 is 0 Å². The zero-order chi connectivity index (χ0) is 19.2. The number of amides is 2. The van der Waals surface area contributed by atoms with E-state index in [9.17, 15) is 9.59 Å². The highest BCUT2D eigenvalue weighted by atomic mass is 16.5. The average molecular weight is 371 g/mol. The van der Waals surface area contributed by atoms with Crippen LogP contribution in [-0.2, 0) is 16.1 Å². The Morgan fingerprint density at radius 3 is 2.37 bits per heavy atom. The van der Waals surface area contributed by atoms with Gasteiger partial charge in [-0.2, -0.15) is 0 Å². The Labute approximate surface area is 159 Å². The minimum absolute atomic E-state index is 0.0360. The monoisotopic (exact) mass is 371 g/mol. The summed E-state index contributed by atoms with van der Waals surface area (Å²) in [7, 11) is 1.65. The second kappa shape index (κ2) is 8.62. The van der Waals surface area contributed by atoms with E-state index in [1.165, 1.54) is 11.8 Å². The maximum Gasteiger partial charge on any atom is 0.242 e. The van der Waals surface area contributed by atoms with Gasteiger partial charge in [-0.25, -0.2) is 0 Å². The molecule has 144 valence electrons. The molecule has 0 saturated carbocycles. The number of ether oxygens (including phenoxy) is 1. The molecule has 3 rings (SSSR count). The highest BCUT2D eigenvalue weighted by Gasteiger charge is 2.24. The topological polar surface area (TPSA) is 66.2 Å². The summed E-state index contributed by atoms with van der Waals surface area (Å²) in [4.78, 5) is 30.1. The van der Waals surface area contributed by atoms with Gasteiger partial charge in [-0.3, -0.25) is 9.59 Å². The van der Waals surface area contributed by atoms with Gasteiger partial charge in [0.25, 0.3) is 0 Å². The van der Waals surface area contributed by atoms with Gasteiger partial charge < -0.3 is 23.9 Å². The molecule has 0 spiro atoms. The Kier molecular flexibility index (Phi) is 6.01. The molecule has 1 saturated heterocycles. The van der Waals surface area contributed by atoms with E-state index in [0.29, 0.717) is 25.4 Å². The lowest BCUT2D eigenvalue weighted by molar-refractivity contribution is -0.140. The predicted molar refractivity (Wildman–Crippen MR) is 102 cm³/mol. The molecule has 2 aromatic rings. The van der Waals surface area contributed by atoms with Crippen molar-refractivity contribution in [2.45, 2.75) is 13.5 Å². The maximum absolute atomic E-state index is 12.6. The predicted octanol–water partition coefficient (Wildman–Crippen LogP) is 1.99. The van der Waals surface area contributed by atoms with E-state index in [2.05, 4.69) is 4.90 Å². The van der Waals surface area contributed by atoms with Gasteiger partial charge in [0, 0.05) is 38.8 Å². The Hall–Kier alpha value is -2.96. The minimum Gasteiger partial charge on any atom is -0.497 e. The number of hydrogen-bond acceptors (Lipinski definition) is 5. The van der Waals surface area contributed by atoms with Gasteiger partial charge in [0.05, 0.1) is 19.9 Å². The lowest BCUT2D eigenvalue weighted by Crippen LogP contribution is -2.51. The first-order valence-electron chi connectivity index (χ1n) is 9.01. The van der Waals surface area contributed by atoms with E-state index < -0.39 is 0 Å². The standard InChI is InChI=1S/C20H25N3O4/c1-16(24)23(14-19-4-3-13-27-19)15-20(25)22-11-9-21(10-12-22)17-5-7-18(26-2)8-6-17/h3-8,13H,9-12,14-15H2,1-2H3. The zero-order valence-corrected chi connectivity index (χ0v) is 15.8. The molecule has 1 fully saturated rings. The molecule has 1 aliphatic heterocycles. The van der Waals surface area contributed by atoms with Crippen molar-refractivity contribution in [3.63, 3.8) is 0 Å². The Morgan fingerprint density at radius 1 is 1.11 bits per heavy atom. The van der Waals surface area contributed by atoms with Gasteiger partial charge in [-0.1, -0.05) is 0 Å². The third kappa shape index (κ3) is 4.81. The summed E-state index contributed by atoms with van der Waals surface area (Å²) < 4.78 is 10.5. The third-order valence-electron chi connectivity index (χ3n) is 4.77. The first-order chi connectivity index (χ1) is 13.1. The second-order valence-corrected chi connectivity index (χ2v) is 6.52. The second-order valence-electron chi connectivity index (χ2n) is 6.52. The number of methoxy groups -OCH3 is 1. The summed E-state index contributed by atoms with van der Waals surface area (Å²) in [6.07, 6.45) is 1.56. The Morgan fingerprint density at radius 2 is 1.81 bits per heavy atom. The van der Waals surface area contributed by atoms with Gasteiger partial charge in [-0.05, 0) is 36.4 Å². The van der Waals surface area contributed by atoms with E-state index >= 15 is 0 Å². The van der Waals surface area contributed by atoms with E-state index in [1.54, 1.807) is 25.5 Å². The zero-order valence-electron chi connectivity index (χ0n) is 15.8. The van der Waals surface area contributed by atoms with E-state index in [-0.39, 0.29) is 18.4 Å². The van der Waals surface area contributed by atoms with Gasteiger partial charge in [-0.15, -0.1) is 0 Å². The minimum atomic E-state index is -0.142. The molecule has 0 bridgehead atoms. The van der Waals surface area contributed by atoms with Crippen LogP contribution in [0, 0.1) is 0 Å². The molecule has 0 unspecified atom stereocenters. The number of hydrogen-bond donors (Lipinski definition) is 0. The van der Waals surface area contributed by atoms with Gasteiger partial charge in [0.1, 0.15) is 18.1 Å². The van der Waals surface area contributed by atoms with Crippen molar-refractivity contribution in [1.29, 1.82) is 0 Å². The summed E-state index contributed by atoms with van der Waals surface area (Å²) in [6, 6.07) is 11.5. The van der Waals surface area contributed by atoms with Crippen LogP contribution in [0.5, 0.6) is 5.75 Å². The Bertz CT molecular complexity index is 750. The third-order valence-corrected chi connectivity index (χ3v) is 4.77. The first-order valence-corrected chi connectivity index (χ1v) is 9.01. The quantitative estimate of drug-likeness (QED) is 0.777. The normalized spacial score (nSPS) is 14.1. The lowest BCUT2D eigenvalue weighted by atomic mass is 10.2. The van der Waals surface area contributed by atoms with Crippen LogP contribution in [0.15, 0.2) is 47.1 Å². The summed E-state index contributed by atoms with van der Waals surface area (Å²) in [5, 5.41) is 0. The van der Waals surface area contributed by atoms with Crippen LogP contribution in [0.2, 0.25) is 0 Å². The highest BCUT2D eigenvalue weighted by molar-refractivity contribution is 5.84. The molecule has 27 heavy (non-hydrogen) atoms. The SMILES string of the molecule is COc1ccc(N2CCN(C(=O)CN(Cc3ccco3)C(C)=O)CC2)cc1. The lowest BCUT2D eigenvalue weighted by Gasteiger charge is -2.37. The first kappa shape index (κ1) is 18.8. The number of benzene rings is 1. The molecule has 0 N–H and O–H groups in total. The van der Waals surface area contributed by atoms with Gasteiger partial charge in [0.15, 0.2) is 0 Å². The summed E-state index contributed by atoms with van der Waals surface area (Å²) in [6.45, 7) is 4.64. The number of piperazine rings is 1. The van der Waals surface area contributed by atoms with Crippen molar-refractivity contribution in [1.82, 2.24) is 9.80 Å². The molecule has 2 amide bonds. The van der Waals surface area contributed by atoms with E-state index in [1.807, 2.05) is 29.2 Å². The molecular formula is C20H25N3O4. The van der Waals surface area contributed by atoms with Crippen molar-refractivity contribution >= 4 is 17.5 Å². The largest absolute Gasteiger partial charge is 0.497 e. The fourth-order valence-electron chi connectivity index (χ4n) is 3.14. The highest BCUT2D eigenvalue weighted by Crippen LogP contribution is 2.20. The maximum atomic E-state index is 12.6. The van der Waals surface area contributed by atoms with Crippen LogP contribution in [0.25, 0.3) is 0 Å². The molecule has 1 aliphatic rings. The van der Waals surface area contributed by atoms with Crippen LogP contribution in [-0.4, -0.2) is 61.4 Å². The molecule has 0 radical (unpaired) electrons. The fraction of sp³-hybridized carbons (Fsp3) is 0.400. The summed E-state index contributed by atoms with van der Waals surface area (Å²) in [5.41, 5.74) is 1.12. The molecule has 0 atom stereocenters. The van der Waals surface area contributed by atoms with Crippen molar-refractivity contribution in [2.75, 3.05) is 44.7 Å². The molecule has 0 aliphatic carbocycles. The number of furan rings is 1. The summed E-state index contributed by atoms with van der Waals surface area (Å²) in [5.74, 6) is 1.32. The number of anilines is 1. The summed E-state index contributed by atoms with van der Waals surface area (Å²) >= 11 is 0. The fourth-order valence-corrected chi connectivity index (χ4v) is 3.14. The smallest absolute Gasteiger partial charge is 0.242 e. The molecular weight excluding hydrogens is 346 g/mol. The van der Waals surface area contributed by atoms with E-state index in [0.717, 1.165) is 24.5 Å². The average Bonchev–Trinajstić information content (AvgIpc) is 3.20. The number of nitrogens with zero attached hydrogens (tertiary/aromatic N) is 3. The molecule has 7 nitrogen and oxygen atoms in total. The number of carbonyl (C=O) groups excluding carboxylic acids is 2. The van der Waals surface area contributed by atoms with Gasteiger partial charge >= 0.3 is 0 Å². The van der Waals surface area contributed by atoms with Crippen molar-refractivity contribution < 1.29 is 18.7 Å². The Balaban J connectivity index is 1.53. The molecule has 1 aromatic carbocycles.